The quantitative estimate of drug-likeness (QED) is 0.633. The minimum absolute atomic E-state index is 0.190. The maximum Gasteiger partial charge on any atom is 0.191 e. The Kier molecular flexibility index (Phi) is 5.61. The average Bonchev–Trinajstić information content (AvgIpc) is 2.82. The number of nitrogens with one attached hydrogen (secondary N) is 2. The summed E-state index contributed by atoms with van der Waals surface area (Å²) < 4.78 is 22.9. The van der Waals surface area contributed by atoms with Gasteiger partial charge >= 0.3 is 0 Å². The SMILES string of the molecule is CCNC(=NCc1ccccc1)NCC1CCS(=O)(=O)C1. The topological polar surface area (TPSA) is 70.6 Å². The van der Waals surface area contributed by atoms with Gasteiger partial charge in [0.15, 0.2) is 15.8 Å². The lowest BCUT2D eigenvalue weighted by molar-refractivity contribution is 0.567. The van der Waals surface area contributed by atoms with Crippen molar-refractivity contribution in [2.75, 3.05) is 24.6 Å². The Morgan fingerprint density at radius 2 is 2.05 bits per heavy atom. The molecule has 0 bridgehead atoms. The van der Waals surface area contributed by atoms with Gasteiger partial charge in [0, 0.05) is 13.1 Å². The van der Waals surface area contributed by atoms with Gasteiger partial charge in [-0.1, -0.05) is 30.3 Å². The first-order chi connectivity index (χ1) is 10.1. The van der Waals surface area contributed by atoms with E-state index in [-0.39, 0.29) is 11.7 Å². The molecule has 1 aliphatic heterocycles. The van der Waals surface area contributed by atoms with Crippen LogP contribution < -0.4 is 10.6 Å². The second-order valence-corrected chi connectivity index (χ2v) is 7.56. The highest BCUT2D eigenvalue weighted by molar-refractivity contribution is 7.91. The second kappa shape index (κ2) is 7.45. The summed E-state index contributed by atoms with van der Waals surface area (Å²) in [6.07, 6.45) is 0.743. The molecule has 0 aromatic heterocycles. The van der Waals surface area contributed by atoms with E-state index in [1.165, 1.54) is 0 Å². The molecule has 1 fully saturated rings. The lowest BCUT2D eigenvalue weighted by Gasteiger charge is -2.14. The van der Waals surface area contributed by atoms with E-state index in [0.717, 1.165) is 24.5 Å². The fourth-order valence-electron chi connectivity index (χ4n) is 2.37. The fourth-order valence-corrected chi connectivity index (χ4v) is 4.23. The van der Waals surface area contributed by atoms with Crippen LogP contribution in [0.1, 0.15) is 18.9 Å². The molecule has 1 heterocycles. The van der Waals surface area contributed by atoms with Gasteiger partial charge in [0.1, 0.15) is 0 Å². The Balaban J connectivity index is 1.87. The monoisotopic (exact) mass is 309 g/mol. The predicted octanol–water partition coefficient (Wildman–Crippen LogP) is 1.18. The molecular weight excluding hydrogens is 286 g/mol. The molecule has 2 rings (SSSR count). The van der Waals surface area contributed by atoms with Crippen molar-refractivity contribution in [2.24, 2.45) is 10.9 Å². The highest BCUT2D eigenvalue weighted by atomic mass is 32.2. The molecule has 21 heavy (non-hydrogen) atoms. The molecule has 0 spiro atoms. The molecular formula is C15H23N3O2S. The van der Waals surface area contributed by atoms with E-state index in [0.29, 0.717) is 18.8 Å². The van der Waals surface area contributed by atoms with Gasteiger partial charge in [0.05, 0.1) is 18.1 Å². The highest BCUT2D eigenvalue weighted by Gasteiger charge is 2.27. The summed E-state index contributed by atoms with van der Waals surface area (Å²) in [6.45, 7) is 4.06. The molecule has 1 atom stereocenters. The van der Waals surface area contributed by atoms with Crippen molar-refractivity contribution in [1.29, 1.82) is 0 Å². The van der Waals surface area contributed by atoms with E-state index in [1.807, 2.05) is 37.3 Å². The Morgan fingerprint density at radius 3 is 2.67 bits per heavy atom. The molecule has 5 nitrogen and oxygen atoms in total. The standard InChI is InChI=1S/C15H23N3O2S/c1-2-16-15(17-10-13-6-4-3-5-7-13)18-11-14-8-9-21(19,20)12-14/h3-7,14H,2,8-12H2,1H3,(H2,16,17,18). The number of rotatable bonds is 5. The number of hydrogen-bond donors (Lipinski definition) is 2. The third-order valence-electron chi connectivity index (χ3n) is 3.49. The van der Waals surface area contributed by atoms with Gasteiger partial charge in [-0.3, -0.25) is 0 Å². The van der Waals surface area contributed by atoms with Gasteiger partial charge in [0.25, 0.3) is 0 Å². The Labute approximate surface area is 126 Å². The third kappa shape index (κ3) is 5.38. The summed E-state index contributed by atoms with van der Waals surface area (Å²) in [4.78, 5) is 4.53. The zero-order valence-electron chi connectivity index (χ0n) is 12.4. The van der Waals surface area contributed by atoms with Crippen molar-refractivity contribution >= 4 is 15.8 Å². The second-order valence-electron chi connectivity index (χ2n) is 5.33. The van der Waals surface area contributed by atoms with Crippen LogP contribution in [0.3, 0.4) is 0 Å². The lowest BCUT2D eigenvalue weighted by Crippen LogP contribution is -2.40. The first-order valence-electron chi connectivity index (χ1n) is 7.35. The molecule has 6 heteroatoms. The molecule has 1 aromatic rings. The third-order valence-corrected chi connectivity index (χ3v) is 5.33. The molecule has 0 radical (unpaired) electrons. The largest absolute Gasteiger partial charge is 0.357 e. The molecule has 1 saturated heterocycles. The highest BCUT2D eigenvalue weighted by Crippen LogP contribution is 2.17. The number of hydrogen-bond acceptors (Lipinski definition) is 3. The van der Waals surface area contributed by atoms with Crippen molar-refractivity contribution in [3.8, 4) is 0 Å². The van der Waals surface area contributed by atoms with Crippen LogP contribution in [0.2, 0.25) is 0 Å². The van der Waals surface area contributed by atoms with E-state index in [4.69, 9.17) is 0 Å². The predicted molar refractivity (Wildman–Crippen MR) is 86.0 cm³/mol. The maximum absolute atomic E-state index is 11.4. The number of guanidine groups is 1. The van der Waals surface area contributed by atoms with E-state index in [1.54, 1.807) is 0 Å². The summed E-state index contributed by atoms with van der Waals surface area (Å²) in [5.41, 5.74) is 1.15. The summed E-state index contributed by atoms with van der Waals surface area (Å²) in [5.74, 6) is 1.54. The van der Waals surface area contributed by atoms with Crippen LogP contribution >= 0.6 is 0 Å². The molecule has 0 aliphatic carbocycles. The number of benzene rings is 1. The summed E-state index contributed by atoms with van der Waals surface area (Å²) in [5, 5.41) is 6.43. The van der Waals surface area contributed by atoms with Crippen molar-refractivity contribution in [2.45, 2.75) is 19.9 Å². The van der Waals surface area contributed by atoms with E-state index < -0.39 is 9.84 Å². The summed E-state index contributed by atoms with van der Waals surface area (Å²) in [6, 6.07) is 10.0. The Bertz CT molecular complexity index is 570. The average molecular weight is 309 g/mol. The van der Waals surface area contributed by atoms with E-state index in [2.05, 4.69) is 15.6 Å². The molecule has 0 saturated carbocycles. The minimum Gasteiger partial charge on any atom is -0.357 e. The summed E-state index contributed by atoms with van der Waals surface area (Å²) in [7, 11) is -2.81. The van der Waals surface area contributed by atoms with Crippen molar-refractivity contribution in [3.63, 3.8) is 0 Å². The fraction of sp³-hybridized carbons (Fsp3) is 0.533. The van der Waals surface area contributed by atoms with Crippen LogP contribution in [0.15, 0.2) is 35.3 Å². The van der Waals surface area contributed by atoms with Gasteiger partial charge < -0.3 is 10.6 Å². The normalized spacial score (nSPS) is 21.2. The van der Waals surface area contributed by atoms with E-state index in [9.17, 15) is 8.42 Å². The maximum atomic E-state index is 11.4. The first kappa shape index (κ1) is 15.8. The van der Waals surface area contributed by atoms with Crippen molar-refractivity contribution < 1.29 is 8.42 Å². The van der Waals surface area contributed by atoms with Gasteiger partial charge in [-0.2, -0.15) is 0 Å². The minimum atomic E-state index is -2.81. The van der Waals surface area contributed by atoms with Gasteiger partial charge in [-0.25, -0.2) is 13.4 Å². The smallest absolute Gasteiger partial charge is 0.191 e. The van der Waals surface area contributed by atoms with Gasteiger partial charge in [-0.05, 0) is 24.8 Å². The first-order valence-corrected chi connectivity index (χ1v) is 9.18. The van der Waals surface area contributed by atoms with Crippen LogP contribution in [0, 0.1) is 5.92 Å². The number of sulfone groups is 1. The van der Waals surface area contributed by atoms with E-state index >= 15 is 0 Å². The van der Waals surface area contributed by atoms with Gasteiger partial charge in [-0.15, -0.1) is 0 Å². The summed E-state index contributed by atoms with van der Waals surface area (Å²) >= 11 is 0. The van der Waals surface area contributed by atoms with Crippen LogP contribution in [0.25, 0.3) is 0 Å². The number of nitrogens with zero attached hydrogens (tertiary/aromatic N) is 1. The van der Waals surface area contributed by atoms with Crippen LogP contribution in [0.4, 0.5) is 0 Å². The molecule has 1 unspecified atom stereocenters. The van der Waals surface area contributed by atoms with Crippen molar-refractivity contribution in [1.82, 2.24) is 10.6 Å². The lowest BCUT2D eigenvalue weighted by atomic mass is 10.1. The molecule has 2 N–H and O–H groups in total. The van der Waals surface area contributed by atoms with Crippen molar-refractivity contribution in [3.05, 3.63) is 35.9 Å². The molecule has 0 amide bonds. The van der Waals surface area contributed by atoms with Gasteiger partial charge in [0.2, 0.25) is 0 Å². The number of aliphatic imine (C=N–C) groups is 1. The zero-order valence-corrected chi connectivity index (χ0v) is 13.2. The van der Waals surface area contributed by atoms with Crippen LogP contribution in [-0.2, 0) is 16.4 Å². The Hall–Kier alpha value is -1.56. The molecule has 116 valence electrons. The van der Waals surface area contributed by atoms with Crippen LogP contribution in [0.5, 0.6) is 0 Å². The Morgan fingerprint density at radius 1 is 1.29 bits per heavy atom. The van der Waals surface area contributed by atoms with Crippen LogP contribution in [-0.4, -0.2) is 39.0 Å². The zero-order chi connectivity index (χ0) is 15.1. The molecule has 1 aliphatic rings. The molecule has 1 aromatic carbocycles.